The van der Waals surface area contributed by atoms with Crippen molar-refractivity contribution in [3.05, 3.63) is 28.7 Å². The highest BCUT2D eigenvalue weighted by Gasteiger charge is 2.19. The Morgan fingerprint density at radius 3 is 2.55 bits per heavy atom. The molecule has 1 rings (SSSR count). The fourth-order valence-corrected chi connectivity index (χ4v) is 1.67. The second-order valence-electron chi connectivity index (χ2n) is 3.98. The molecular formula is C13H16BrNO5. The molecule has 20 heavy (non-hydrogen) atoms. The molecule has 110 valence electrons. The zero-order valence-electron chi connectivity index (χ0n) is 11.0. The molecular weight excluding hydrogens is 330 g/mol. The number of carbonyl (C=O) groups excluding carboxylic acids is 1. The van der Waals surface area contributed by atoms with E-state index in [1.807, 2.05) is 0 Å². The standard InChI is InChI=1S/C13H16BrNO5/c1-19-7-6-11(13(17)18)15-12(16)8-20-10-4-2-9(14)3-5-10/h2-5,11H,6-8H2,1H3,(H,15,16)(H,17,18). The second kappa shape index (κ2) is 8.55. The van der Waals surface area contributed by atoms with E-state index in [1.165, 1.54) is 7.11 Å². The van der Waals surface area contributed by atoms with Gasteiger partial charge >= 0.3 is 5.97 Å². The first-order valence-corrected chi connectivity index (χ1v) is 6.71. The highest BCUT2D eigenvalue weighted by atomic mass is 79.9. The number of carboxylic acids is 1. The van der Waals surface area contributed by atoms with Crippen molar-refractivity contribution in [2.45, 2.75) is 12.5 Å². The van der Waals surface area contributed by atoms with Crippen molar-refractivity contribution in [3.63, 3.8) is 0 Å². The summed E-state index contributed by atoms with van der Waals surface area (Å²) in [7, 11) is 1.47. The number of rotatable bonds is 8. The van der Waals surface area contributed by atoms with Crippen molar-refractivity contribution < 1.29 is 24.2 Å². The van der Waals surface area contributed by atoms with Gasteiger partial charge in [-0.15, -0.1) is 0 Å². The zero-order chi connectivity index (χ0) is 15.0. The van der Waals surface area contributed by atoms with Crippen LogP contribution < -0.4 is 10.1 Å². The lowest BCUT2D eigenvalue weighted by Gasteiger charge is -2.14. The minimum absolute atomic E-state index is 0.204. The second-order valence-corrected chi connectivity index (χ2v) is 4.90. The predicted octanol–water partition coefficient (Wildman–Crippen LogP) is 1.43. The Kier molecular flexibility index (Phi) is 7.03. The summed E-state index contributed by atoms with van der Waals surface area (Å²) in [5, 5.41) is 11.3. The SMILES string of the molecule is COCCC(NC(=O)COc1ccc(Br)cc1)C(=O)O. The third-order valence-electron chi connectivity index (χ3n) is 2.43. The lowest BCUT2D eigenvalue weighted by Crippen LogP contribution is -2.43. The molecule has 0 bridgehead atoms. The number of carbonyl (C=O) groups is 2. The van der Waals surface area contributed by atoms with Gasteiger partial charge in [0.15, 0.2) is 6.61 Å². The lowest BCUT2D eigenvalue weighted by atomic mass is 10.2. The molecule has 0 spiro atoms. The molecule has 1 unspecified atom stereocenters. The van der Waals surface area contributed by atoms with Crippen LogP contribution in [0, 0.1) is 0 Å². The lowest BCUT2D eigenvalue weighted by molar-refractivity contribution is -0.142. The highest BCUT2D eigenvalue weighted by molar-refractivity contribution is 9.10. The summed E-state index contributed by atoms with van der Waals surface area (Å²) in [6.45, 7) is 0.0171. The molecule has 0 aliphatic heterocycles. The van der Waals surface area contributed by atoms with Gasteiger partial charge in [0.25, 0.3) is 5.91 Å². The molecule has 7 heteroatoms. The normalized spacial score (nSPS) is 11.7. The molecule has 1 amide bonds. The maximum absolute atomic E-state index is 11.6. The minimum Gasteiger partial charge on any atom is -0.484 e. The number of amides is 1. The van der Waals surface area contributed by atoms with Gasteiger partial charge in [-0.2, -0.15) is 0 Å². The number of aliphatic carboxylic acids is 1. The van der Waals surface area contributed by atoms with Crippen LogP contribution in [0.15, 0.2) is 28.7 Å². The summed E-state index contributed by atoms with van der Waals surface area (Å²) >= 11 is 3.29. The van der Waals surface area contributed by atoms with Crippen LogP contribution in [0.4, 0.5) is 0 Å². The summed E-state index contributed by atoms with van der Waals surface area (Å²) in [4.78, 5) is 22.5. The first-order valence-electron chi connectivity index (χ1n) is 5.92. The van der Waals surface area contributed by atoms with Crippen LogP contribution in [0.3, 0.4) is 0 Å². The van der Waals surface area contributed by atoms with Crippen molar-refractivity contribution in [2.24, 2.45) is 0 Å². The van der Waals surface area contributed by atoms with Gasteiger partial charge in [0, 0.05) is 24.6 Å². The van der Waals surface area contributed by atoms with E-state index in [0.29, 0.717) is 5.75 Å². The summed E-state index contributed by atoms with van der Waals surface area (Å²) in [6.07, 6.45) is 0.204. The Balaban J connectivity index is 2.41. The van der Waals surface area contributed by atoms with Crippen LogP contribution in [0.5, 0.6) is 5.75 Å². The van der Waals surface area contributed by atoms with E-state index in [4.69, 9.17) is 14.6 Å². The third kappa shape index (κ3) is 6.03. The Hall–Kier alpha value is -1.60. The van der Waals surface area contributed by atoms with Gasteiger partial charge < -0.3 is 19.9 Å². The van der Waals surface area contributed by atoms with E-state index in [9.17, 15) is 9.59 Å². The van der Waals surface area contributed by atoms with E-state index in [0.717, 1.165) is 4.47 Å². The summed E-state index contributed by atoms with van der Waals surface area (Å²) < 4.78 is 10.9. The van der Waals surface area contributed by atoms with Gasteiger partial charge in [-0.3, -0.25) is 4.79 Å². The monoisotopic (exact) mass is 345 g/mol. The minimum atomic E-state index is -1.10. The average Bonchev–Trinajstić information content (AvgIpc) is 2.42. The largest absolute Gasteiger partial charge is 0.484 e. The maximum Gasteiger partial charge on any atom is 0.326 e. The number of hydrogen-bond donors (Lipinski definition) is 2. The third-order valence-corrected chi connectivity index (χ3v) is 2.96. The highest BCUT2D eigenvalue weighted by Crippen LogP contribution is 2.15. The van der Waals surface area contributed by atoms with Gasteiger partial charge in [-0.25, -0.2) is 4.79 Å². The molecule has 0 saturated heterocycles. The molecule has 0 aliphatic rings. The molecule has 1 aromatic rings. The van der Waals surface area contributed by atoms with E-state index >= 15 is 0 Å². The quantitative estimate of drug-likeness (QED) is 0.744. The fraction of sp³-hybridized carbons (Fsp3) is 0.385. The zero-order valence-corrected chi connectivity index (χ0v) is 12.6. The van der Waals surface area contributed by atoms with Crippen LogP contribution in [-0.4, -0.2) is 43.3 Å². The number of methoxy groups -OCH3 is 1. The molecule has 2 N–H and O–H groups in total. The van der Waals surface area contributed by atoms with Gasteiger partial charge in [0.2, 0.25) is 0 Å². The topological polar surface area (TPSA) is 84.9 Å². The molecule has 6 nitrogen and oxygen atoms in total. The Bertz CT molecular complexity index is 449. The number of ether oxygens (including phenoxy) is 2. The molecule has 0 aliphatic carbocycles. The molecule has 0 fully saturated rings. The van der Waals surface area contributed by atoms with Crippen LogP contribution in [-0.2, 0) is 14.3 Å². The molecule has 1 aromatic carbocycles. The van der Waals surface area contributed by atoms with E-state index in [2.05, 4.69) is 21.2 Å². The smallest absolute Gasteiger partial charge is 0.326 e. The van der Waals surface area contributed by atoms with Crippen LogP contribution in [0.2, 0.25) is 0 Å². The first kappa shape index (κ1) is 16.5. The Morgan fingerprint density at radius 2 is 2.00 bits per heavy atom. The molecule has 1 atom stereocenters. The molecule has 0 radical (unpaired) electrons. The maximum atomic E-state index is 11.6. The number of halogens is 1. The number of nitrogens with one attached hydrogen (secondary N) is 1. The van der Waals surface area contributed by atoms with Gasteiger partial charge in [-0.1, -0.05) is 15.9 Å². The van der Waals surface area contributed by atoms with Crippen molar-refractivity contribution in [3.8, 4) is 5.75 Å². The van der Waals surface area contributed by atoms with E-state index in [-0.39, 0.29) is 19.6 Å². The van der Waals surface area contributed by atoms with Crippen LogP contribution >= 0.6 is 15.9 Å². The first-order chi connectivity index (χ1) is 9.52. The number of hydrogen-bond acceptors (Lipinski definition) is 4. The van der Waals surface area contributed by atoms with E-state index in [1.54, 1.807) is 24.3 Å². The van der Waals surface area contributed by atoms with Gasteiger partial charge in [0.05, 0.1) is 0 Å². The molecule has 0 heterocycles. The van der Waals surface area contributed by atoms with Crippen molar-refractivity contribution >= 4 is 27.8 Å². The fourth-order valence-electron chi connectivity index (χ4n) is 1.41. The summed E-state index contributed by atoms with van der Waals surface area (Å²) in [5.74, 6) is -1.05. The molecule has 0 aromatic heterocycles. The number of carboxylic acid groups (broad SMARTS) is 1. The van der Waals surface area contributed by atoms with E-state index < -0.39 is 17.9 Å². The Labute approximate surface area is 125 Å². The Morgan fingerprint density at radius 1 is 1.35 bits per heavy atom. The van der Waals surface area contributed by atoms with Crippen molar-refractivity contribution in [2.75, 3.05) is 20.3 Å². The number of benzene rings is 1. The van der Waals surface area contributed by atoms with Crippen LogP contribution in [0.1, 0.15) is 6.42 Å². The van der Waals surface area contributed by atoms with Gasteiger partial charge in [0.1, 0.15) is 11.8 Å². The van der Waals surface area contributed by atoms with Crippen molar-refractivity contribution in [1.82, 2.24) is 5.32 Å². The molecule has 0 saturated carbocycles. The van der Waals surface area contributed by atoms with Gasteiger partial charge in [-0.05, 0) is 24.3 Å². The average molecular weight is 346 g/mol. The van der Waals surface area contributed by atoms with Crippen molar-refractivity contribution in [1.29, 1.82) is 0 Å². The van der Waals surface area contributed by atoms with Crippen LogP contribution in [0.25, 0.3) is 0 Å². The summed E-state index contributed by atoms with van der Waals surface area (Å²) in [5.41, 5.74) is 0. The predicted molar refractivity (Wildman–Crippen MR) is 75.7 cm³/mol. The summed E-state index contributed by atoms with van der Waals surface area (Å²) in [6, 6.07) is 6.00.